The predicted molar refractivity (Wildman–Crippen MR) is 78.2 cm³/mol. The van der Waals surface area contributed by atoms with Gasteiger partial charge in [-0.3, -0.25) is 0 Å². The number of hydrogen-bond acceptors (Lipinski definition) is 2. The highest BCUT2D eigenvalue weighted by molar-refractivity contribution is 9.09. The zero-order chi connectivity index (χ0) is 13.6. The maximum atomic E-state index is 11.7. The van der Waals surface area contributed by atoms with Crippen LogP contribution in [0.2, 0.25) is 0 Å². The molecule has 0 aliphatic heterocycles. The van der Waals surface area contributed by atoms with Gasteiger partial charge in [0.05, 0.1) is 0 Å². The molecule has 1 rings (SSSR count). The summed E-state index contributed by atoms with van der Waals surface area (Å²) in [7, 11) is 0. The monoisotopic (exact) mass is 319 g/mol. The van der Waals surface area contributed by atoms with Crippen molar-refractivity contribution in [3.8, 4) is 0 Å². The normalized spacial score (nSPS) is 26.7. The molecule has 1 aliphatic rings. The van der Waals surface area contributed by atoms with Gasteiger partial charge in [-0.15, -0.1) is 0 Å². The third-order valence-electron chi connectivity index (χ3n) is 3.11. The number of alkyl halides is 1. The Kier molecular flexibility index (Phi) is 6.47. The second-order valence-electron chi connectivity index (χ2n) is 6.16. The summed E-state index contributed by atoms with van der Waals surface area (Å²) >= 11 is 3.71. The average Bonchev–Trinajstić information content (AvgIpc) is 2.28. The van der Waals surface area contributed by atoms with Crippen molar-refractivity contribution in [3.05, 3.63) is 0 Å². The van der Waals surface area contributed by atoms with Crippen molar-refractivity contribution in [1.82, 2.24) is 5.32 Å². The lowest BCUT2D eigenvalue weighted by Gasteiger charge is -2.23. The van der Waals surface area contributed by atoms with Crippen molar-refractivity contribution >= 4 is 22.0 Å². The Morgan fingerprint density at radius 1 is 1.11 bits per heavy atom. The van der Waals surface area contributed by atoms with Crippen molar-refractivity contribution in [2.24, 2.45) is 0 Å². The number of rotatable bonds is 1. The summed E-state index contributed by atoms with van der Waals surface area (Å²) in [6.45, 7) is 5.68. The molecule has 4 heteroatoms. The molecular formula is C14H26BrNO2. The molecular weight excluding hydrogens is 294 g/mol. The van der Waals surface area contributed by atoms with Crippen LogP contribution in [-0.2, 0) is 4.74 Å². The Labute approximate surface area is 119 Å². The van der Waals surface area contributed by atoms with Gasteiger partial charge in [0.25, 0.3) is 0 Å². The Morgan fingerprint density at radius 2 is 1.67 bits per heavy atom. The summed E-state index contributed by atoms with van der Waals surface area (Å²) in [4.78, 5) is 12.4. The molecule has 1 saturated carbocycles. The quantitative estimate of drug-likeness (QED) is 0.728. The largest absolute Gasteiger partial charge is 0.444 e. The van der Waals surface area contributed by atoms with Crippen molar-refractivity contribution < 1.29 is 9.53 Å². The van der Waals surface area contributed by atoms with Crippen LogP contribution < -0.4 is 5.32 Å². The van der Waals surface area contributed by atoms with Crippen molar-refractivity contribution in [2.45, 2.75) is 82.2 Å². The van der Waals surface area contributed by atoms with E-state index in [0.717, 1.165) is 19.3 Å². The van der Waals surface area contributed by atoms with E-state index >= 15 is 0 Å². The summed E-state index contributed by atoms with van der Waals surface area (Å²) in [6, 6.07) is 0.276. The Hall–Kier alpha value is -0.250. The maximum absolute atomic E-state index is 11.7. The summed E-state index contributed by atoms with van der Waals surface area (Å²) < 4.78 is 5.31. The smallest absolute Gasteiger partial charge is 0.407 e. The molecule has 2 atom stereocenters. The van der Waals surface area contributed by atoms with Gasteiger partial charge in [-0.05, 0) is 46.5 Å². The van der Waals surface area contributed by atoms with Crippen LogP contribution in [0.5, 0.6) is 0 Å². The first kappa shape index (κ1) is 15.8. The molecule has 0 aromatic carbocycles. The highest BCUT2D eigenvalue weighted by atomic mass is 79.9. The van der Waals surface area contributed by atoms with E-state index in [1.54, 1.807) is 0 Å². The standard InChI is InChI=1S/C14H26BrNO2/c1-14(2,3)18-13(17)16-12-9-5-4-7-11(15)8-6-10-12/h11-12H,4-10H2,1-3H3,(H,16,17). The van der Waals surface area contributed by atoms with Gasteiger partial charge >= 0.3 is 6.09 Å². The molecule has 0 aromatic heterocycles. The number of carbonyl (C=O) groups excluding carboxylic acids is 1. The SMILES string of the molecule is CC(C)(C)OC(=O)NC1CCCCC(Br)CCC1. The number of ether oxygens (including phenoxy) is 1. The molecule has 0 heterocycles. The van der Waals surface area contributed by atoms with Gasteiger partial charge in [-0.2, -0.15) is 0 Å². The van der Waals surface area contributed by atoms with Crippen LogP contribution in [0.15, 0.2) is 0 Å². The van der Waals surface area contributed by atoms with Gasteiger partial charge in [0.1, 0.15) is 5.60 Å². The number of hydrogen-bond donors (Lipinski definition) is 1. The van der Waals surface area contributed by atoms with E-state index in [2.05, 4.69) is 21.2 Å². The minimum atomic E-state index is -0.413. The fourth-order valence-electron chi connectivity index (χ4n) is 2.25. The van der Waals surface area contributed by atoms with Crippen LogP contribution >= 0.6 is 15.9 Å². The second kappa shape index (κ2) is 7.37. The van der Waals surface area contributed by atoms with Crippen molar-refractivity contribution in [1.29, 1.82) is 0 Å². The van der Waals surface area contributed by atoms with Crippen molar-refractivity contribution in [2.75, 3.05) is 0 Å². The molecule has 0 bridgehead atoms. The minimum Gasteiger partial charge on any atom is -0.444 e. The first-order valence-electron chi connectivity index (χ1n) is 7.00. The van der Waals surface area contributed by atoms with Crippen LogP contribution in [0.4, 0.5) is 4.79 Å². The molecule has 2 unspecified atom stereocenters. The van der Waals surface area contributed by atoms with E-state index in [1.165, 1.54) is 25.7 Å². The highest BCUT2D eigenvalue weighted by Gasteiger charge is 2.20. The molecule has 106 valence electrons. The highest BCUT2D eigenvalue weighted by Crippen LogP contribution is 2.22. The summed E-state index contributed by atoms with van der Waals surface area (Å²) in [6.07, 6.45) is 7.88. The van der Waals surface area contributed by atoms with Crippen LogP contribution in [-0.4, -0.2) is 22.6 Å². The van der Waals surface area contributed by atoms with Gasteiger partial charge in [-0.1, -0.05) is 35.2 Å². The topological polar surface area (TPSA) is 38.3 Å². The van der Waals surface area contributed by atoms with Gasteiger partial charge < -0.3 is 10.1 Å². The number of alkyl carbamates (subject to hydrolysis) is 1. The van der Waals surface area contributed by atoms with E-state index in [4.69, 9.17) is 4.74 Å². The van der Waals surface area contributed by atoms with E-state index in [-0.39, 0.29) is 12.1 Å². The van der Waals surface area contributed by atoms with Crippen LogP contribution in [0.3, 0.4) is 0 Å². The number of nitrogens with one attached hydrogen (secondary N) is 1. The minimum absolute atomic E-state index is 0.276. The number of carbonyl (C=O) groups is 1. The van der Waals surface area contributed by atoms with E-state index < -0.39 is 5.60 Å². The molecule has 18 heavy (non-hydrogen) atoms. The molecule has 0 aromatic rings. The lowest BCUT2D eigenvalue weighted by molar-refractivity contribution is 0.0498. The molecule has 1 aliphatic carbocycles. The Bertz CT molecular complexity index is 263. The molecule has 3 nitrogen and oxygen atoms in total. The van der Waals surface area contributed by atoms with E-state index in [1.807, 2.05) is 20.8 Å². The molecule has 0 spiro atoms. The van der Waals surface area contributed by atoms with Crippen LogP contribution in [0.1, 0.15) is 65.7 Å². The summed E-state index contributed by atoms with van der Waals surface area (Å²) in [5.74, 6) is 0. The third-order valence-corrected chi connectivity index (χ3v) is 4.03. The van der Waals surface area contributed by atoms with E-state index in [0.29, 0.717) is 4.83 Å². The van der Waals surface area contributed by atoms with Gasteiger partial charge in [-0.25, -0.2) is 4.79 Å². The maximum Gasteiger partial charge on any atom is 0.407 e. The fraction of sp³-hybridized carbons (Fsp3) is 0.929. The van der Waals surface area contributed by atoms with Gasteiger partial charge in [0.15, 0.2) is 0 Å². The van der Waals surface area contributed by atoms with Crippen molar-refractivity contribution in [3.63, 3.8) is 0 Å². The predicted octanol–water partition coefficient (Wildman–Crippen LogP) is 4.39. The zero-order valence-corrected chi connectivity index (χ0v) is 13.4. The van der Waals surface area contributed by atoms with Crippen LogP contribution in [0, 0.1) is 0 Å². The molecule has 0 saturated heterocycles. The van der Waals surface area contributed by atoms with Crippen LogP contribution in [0.25, 0.3) is 0 Å². The zero-order valence-electron chi connectivity index (χ0n) is 11.8. The van der Waals surface area contributed by atoms with E-state index in [9.17, 15) is 4.79 Å². The summed E-state index contributed by atoms with van der Waals surface area (Å²) in [5, 5.41) is 3.01. The Morgan fingerprint density at radius 3 is 2.33 bits per heavy atom. The molecule has 1 amide bonds. The molecule has 1 fully saturated rings. The number of amides is 1. The van der Waals surface area contributed by atoms with Gasteiger partial charge in [0.2, 0.25) is 0 Å². The lowest BCUT2D eigenvalue weighted by atomic mass is 10.1. The molecule has 0 radical (unpaired) electrons. The third kappa shape index (κ3) is 7.24. The first-order chi connectivity index (χ1) is 8.37. The number of halogens is 1. The van der Waals surface area contributed by atoms with Gasteiger partial charge in [0, 0.05) is 10.9 Å². The molecule has 1 N–H and O–H groups in total. The second-order valence-corrected chi connectivity index (χ2v) is 7.45. The lowest BCUT2D eigenvalue weighted by Crippen LogP contribution is -2.39. The fourth-order valence-corrected chi connectivity index (χ4v) is 2.90. The average molecular weight is 320 g/mol. The summed E-state index contributed by atoms with van der Waals surface area (Å²) in [5.41, 5.74) is -0.413. The Balaban J connectivity index is 2.37. The first-order valence-corrected chi connectivity index (χ1v) is 7.92.